The van der Waals surface area contributed by atoms with Crippen molar-refractivity contribution < 1.29 is 9.59 Å². The number of carbonyl (C=O) groups excluding carboxylic acids is 2. The molecule has 6 nitrogen and oxygen atoms in total. The second-order valence-electron chi connectivity index (χ2n) is 4.15. The molecule has 0 radical (unpaired) electrons. The third-order valence-electron chi connectivity index (χ3n) is 2.93. The van der Waals surface area contributed by atoms with Gasteiger partial charge in [-0.25, -0.2) is 0 Å². The van der Waals surface area contributed by atoms with Crippen LogP contribution < -0.4 is 10.6 Å². The minimum absolute atomic E-state index is 0.181. The van der Waals surface area contributed by atoms with E-state index in [-0.39, 0.29) is 17.9 Å². The van der Waals surface area contributed by atoms with Crippen molar-refractivity contribution in [2.45, 2.75) is 25.3 Å². The van der Waals surface area contributed by atoms with Crippen LogP contribution in [0.1, 0.15) is 18.5 Å². The Bertz CT molecular complexity index is 427. The molecule has 0 aliphatic carbocycles. The Kier molecular flexibility index (Phi) is 3.53. The van der Waals surface area contributed by atoms with Gasteiger partial charge in [0.15, 0.2) is 0 Å². The molecule has 1 saturated heterocycles. The van der Waals surface area contributed by atoms with Crippen LogP contribution in [0.2, 0.25) is 0 Å². The first-order valence-corrected chi connectivity index (χ1v) is 5.71. The van der Waals surface area contributed by atoms with Gasteiger partial charge in [0.1, 0.15) is 0 Å². The molecule has 2 rings (SSSR count). The zero-order valence-electron chi connectivity index (χ0n) is 9.77. The smallest absolute Gasteiger partial charge is 0.243 e. The number of hydrogen-bond donors (Lipinski definition) is 2. The minimum Gasteiger partial charge on any atom is -0.305 e. The first-order valence-electron chi connectivity index (χ1n) is 5.71. The summed E-state index contributed by atoms with van der Waals surface area (Å²) in [5.41, 5.74) is 1.12. The van der Waals surface area contributed by atoms with Crippen LogP contribution in [0.5, 0.6) is 0 Å². The van der Waals surface area contributed by atoms with E-state index < -0.39 is 0 Å². The number of aromatic nitrogens is 2. The number of carbonyl (C=O) groups is 2. The van der Waals surface area contributed by atoms with E-state index in [1.165, 1.54) is 0 Å². The molecule has 1 aromatic rings. The van der Waals surface area contributed by atoms with Crippen molar-refractivity contribution in [2.24, 2.45) is 7.05 Å². The highest BCUT2D eigenvalue weighted by atomic mass is 16.2. The predicted octanol–water partition coefficient (Wildman–Crippen LogP) is -0.643. The van der Waals surface area contributed by atoms with Crippen LogP contribution in [-0.2, 0) is 23.1 Å². The summed E-state index contributed by atoms with van der Waals surface area (Å²) in [4.78, 5) is 22.4. The summed E-state index contributed by atoms with van der Waals surface area (Å²) in [7, 11) is 1.89. The summed E-state index contributed by atoms with van der Waals surface area (Å²) in [6.07, 6.45) is 3.56. The predicted molar refractivity (Wildman–Crippen MR) is 61.1 cm³/mol. The van der Waals surface area contributed by atoms with Crippen LogP contribution in [0.15, 0.2) is 12.3 Å². The van der Waals surface area contributed by atoms with Gasteiger partial charge in [0.2, 0.25) is 11.8 Å². The van der Waals surface area contributed by atoms with E-state index in [2.05, 4.69) is 15.7 Å². The van der Waals surface area contributed by atoms with Crippen LogP contribution in [0.3, 0.4) is 0 Å². The molecule has 2 N–H and O–H groups in total. The lowest BCUT2D eigenvalue weighted by Crippen LogP contribution is -2.51. The van der Waals surface area contributed by atoms with Crippen molar-refractivity contribution >= 4 is 11.8 Å². The zero-order chi connectivity index (χ0) is 12.3. The topological polar surface area (TPSA) is 76.0 Å². The third-order valence-corrected chi connectivity index (χ3v) is 2.93. The fourth-order valence-electron chi connectivity index (χ4n) is 1.91. The number of hydrogen-bond acceptors (Lipinski definition) is 4. The maximum atomic E-state index is 11.5. The Morgan fingerprint density at radius 2 is 2.41 bits per heavy atom. The number of aryl methyl sites for hydroxylation is 1. The van der Waals surface area contributed by atoms with Crippen molar-refractivity contribution in [2.75, 3.05) is 6.54 Å². The van der Waals surface area contributed by atoms with Crippen LogP contribution in [0.4, 0.5) is 0 Å². The van der Waals surface area contributed by atoms with Crippen molar-refractivity contribution in [3.63, 3.8) is 0 Å². The fraction of sp³-hybridized carbons (Fsp3) is 0.545. The average molecular weight is 236 g/mol. The first kappa shape index (κ1) is 11.8. The quantitative estimate of drug-likeness (QED) is 0.682. The standard InChI is InChI=1S/C11H16N4O2/c1-15-8(5-7-13-15)4-6-12-9-2-3-10(16)14-11(9)17/h5,7,9,12H,2-4,6H2,1H3,(H,14,16,17). The summed E-state index contributed by atoms with van der Waals surface area (Å²) in [5.74, 6) is -0.397. The molecule has 92 valence electrons. The molecule has 0 saturated carbocycles. The molecule has 0 bridgehead atoms. The van der Waals surface area contributed by atoms with E-state index in [0.29, 0.717) is 19.4 Å². The van der Waals surface area contributed by atoms with Crippen LogP contribution in [-0.4, -0.2) is 34.2 Å². The van der Waals surface area contributed by atoms with Crippen molar-refractivity contribution in [1.29, 1.82) is 0 Å². The number of rotatable bonds is 4. The van der Waals surface area contributed by atoms with Crippen LogP contribution in [0, 0.1) is 0 Å². The summed E-state index contributed by atoms with van der Waals surface area (Å²) >= 11 is 0. The summed E-state index contributed by atoms with van der Waals surface area (Å²) < 4.78 is 1.81. The maximum Gasteiger partial charge on any atom is 0.243 e. The van der Waals surface area contributed by atoms with Gasteiger partial charge in [-0.15, -0.1) is 0 Å². The number of piperidine rings is 1. The van der Waals surface area contributed by atoms with Gasteiger partial charge in [-0.3, -0.25) is 19.6 Å². The molecule has 1 unspecified atom stereocenters. The third kappa shape index (κ3) is 2.91. The highest BCUT2D eigenvalue weighted by Gasteiger charge is 2.25. The SMILES string of the molecule is Cn1nccc1CCNC1CCC(=O)NC1=O. The van der Waals surface area contributed by atoms with E-state index in [0.717, 1.165) is 12.1 Å². The van der Waals surface area contributed by atoms with Gasteiger partial charge in [0, 0.05) is 38.3 Å². The largest absolute Gasteiger partial charge is 0.305 e. The summed E-state index contributed by atoms with van der Waals surface area (Å²) in [5, 5.41) is 9.55. The molecule has 17 heavy (non-hydrogen) atoms. The molecular formula is C11H16N4O2. The van der Waals surface area contributed by atoms with Gasteiger partial charge in [-0.05, 0) is 12.5 Å². The molecule has 1 aliphatic rings. The Labute approximate surface area is 99.4 Å². The van der Waals surface area contributed by atoms with Gasteiger partial charge in [-0.2, -0.15) is 5.10 Å². The average Bonchev–Trinajstić information content (AvgIpc) is 2.68. The lowest BCUT2D eigenvalue weighted by molar-refractivity contribution is -0.134. The highest BCUT2D eigenvalue weighted by molar-refractivity contribution is 6.00. The van der Waals surface area contributed by atoms with Gasteiger partial charge >= 0.3 is 0 Å². The summed E-state index contributed by atoms with van der Waals surface area (Å²) in [6.45, 7) is 0.700. The number of nitrogens with zero attached hydrogens (tertiary/aromatic N) is 2. The number of imide groups is 1. The summed E-state index contributed by atoms with van der Waals surface area (Å²) in [6, 6.07) is 1.70. The Balaban J connectivity index is 1.77. The van der Waals surface area contributed by atoms with Crippen molar-refractivity contribution in [3.8, 4) is 0 Å². The molecular weight excluding hydrogens is 220 g/mol. The molecule has 1 aliphatic heterocycles. The molecule has 1 atom stereocenters. The molecule has 1 aromatic heterocycles. The van der Waals surface area contributed by atoms with Gasteiger partial charge < -0.3 is 5.32 Å². The second kappa shape index (κ2) is 5.09. The van der Waals surface area contributed by atoms with E-state index in [1.807, 2.05) is 17.8 Å². The van der Waals surface area contributed by atoms with Gasteiger partial charge in [0.25, 0.3) is 0 Å². The number of amides is 2. The lowest BCUT2D eigenvalue weighted by Gasteiger charge is -2.21. The molecule has 1 fully saturated rings. The van der Waals surface area contributed by atoms with Gasteiger partial charge in [0.05, 0.1) is 6.04 Å². The van der Waals surface area contributed by atoms with Gasteiger partial charge in [-0.1, -0.05) is 0 Å². The van der Waals surface area contributed by atoms with E-state index in [1.54, 1.807) is 6.20 Å². The Morgan fingerprint density at radius 3 is 3.06 bits per heavy atom. The van der Waals surface area contributed by atoms with Crippen LogP contribution >= 0.6 is 0 Å². The molecule has 0 aromatic carbocycles. The van der Waals surface area contributed by atoms with Crippen LogP contribution in [0.25, 0.3) is 0 Å². The molecule has 0 spiro atoms. The molecule has 2 amide bonds. The number of nitrogens with one attached hydrogen (secondary N) is 2. The minimum atomic E-state index is -0.249. The zero-order valence-corrected chi connectivity index (χ0v) is 9.77. The highest BCUT2D eigenvalue weighted by Crippen LogP contribution is 2.04. The van der Waals surface area contributed by atoms with E-state index in [4.69, 9.17) is 0 Å². The lowest BCUT2D eigenvalue weighted by atomic mass is 10.1. The van der Waals surface area contributed by atoms with E-state index in [9.17, 15) is 9.59 Å². The second-order valence-corrected chi connectivity index (χ2v) is 4.15. The van der Waals surface area contributed by atoms with Crippen molar-refractivity contribution in [3.05, 3.63) is 18.0 Å². The van der Waals surface area contributed by atoms with E-state index >= 15 is 0 Å². The molecule has 2 heterocycles. The fourth-order valence-corrected chi connectivity index (χ4v) is 1.91. The van der Waals surface area contributed by atoms with Crippen molar-refractivity contribution in [1.82, 2.24) is 20.4 Å². The first-order chi connectivity index (χ1) is 8.16. The Morgan fingerprint density at radius 1 is 1.59 bits per heavy atom. The molecule has 6 heteroatoms. The maximum absolute atomic E-state index is 11.5. The Hall–Kier alpha value is -1.69. The normalized spacial score (nSPS) is 20.4. The monoisotopic (exact) mass is 236 g/mol.